The van der Waals surface area contributed by atoms with E-state index in [1.807, 2.05) is 6.92 Å². The van der Waals surface area contributed by atoms with E-state index in [4.69, 9.17) is 14.6 Å². The van der Waals surface area contributed by atoms with Crippen molar-refractivity contribution in [2.24, 2.45) is 5.14 Å². The fraction of sp³-hybridized carbons (Fsp3) is 0.417. The van der Waals surface area contributed by atoms with Crippen molar-refractivity contribution in [2.75, 3.05) is 13.7 Å². The van der Waals surface area contributed by atoms with Gasteiger partial charge in [-0.15, -0.1) is 0 Å². The number of sulfonamides is 1. The largest absolute Gasteiger partial charge is 0.495 e. The highest BCUT2D eigenvalue weighted by atomic mass is 32.2. The molecule has 0 heterocycles. The summed E-state index contributed by atoms with van der Waals surface area (Å²) in [5.74, 6) is -0.263. The predicted octanol–water partition coefficient (Wildman–Crippen LogP) is 0.838. The van der Waals surface area contributed by atoms with Crippen LogP contribution in [0.5, 0.6) is 5.75 Å². The van der Waals surface area contributed by atoms with Crippen molar-refractivity contribution in [1.82, 2.24) is 0 Å². The molecule has 0 aliphatic rings. The zero-order valence-corrected chi connectivity index (χ0v) is 11.7. The average Bonchev–Trinajstić information content (AvgIpc) is 2.35. The summed E-state index contributed by atoms with van der Waals surface area (Å²) >= 11 is 0. The number of ether oxygens (including phenoxy) is 2. The van der Waals surface area contributed by atoms with Gasteiger partial charge in [0.1, 0.15) is 10.6 Å². The van der Waals surface area contributed by atoms with Crippen LogP contribution >= 0.6 is 0 Å². The van der Waals surface area contributed by atoms with Crippen molar-refractivity contribution in [3.8, 4) is 5.75 Å². The van der Waals surface area contributed by atoms with Crippen LogP contribution in [-0.4, -0.2) is 28.1 Å². The molecule has 1 aromatic carbocycles. The molecule has 0 fully saturated rings. The van der Waals surface area contributed by atoms with E-state index < -0.39 is 16.0 Å². The van der Waals surface area contributed by atoms with Crippen molar-refractivity contribution in [2.45, 2.75) is 24.7 Å². The summed E-state index contributed by atoms with van der Waals surface area (Å²) in [6.45, 7) is 2.23. The Labute approximate surface area is 112 Å². The van der Waals surface area contributed by atoms with Gasteiger partial charge in [-0.1, -0.05) is 13.0 Å². The molecule has 6 nitrogen and oxygen atoms in total. The molecule has 0 aromatic heterocycles. The number of esters is 1. The second-order valence-corrected chi connectivity index (χ2v) is 5.46. The number of nitrogens with two attached hydrogens (primary N) is 1. The molecule has 0 bridgehead atoms. The fourth-order valence-electron chi connectivity index (χ4n) is 1.49. The molecule has 0 saturated carbocycles. The Morgan fingerprint density at radius 3 is 2.58 bits per heavy atom. The Morgan fingerprint density at radius 1 is 1.37 bits per heavy atom. The first-order valence-electron chi connectivity index (χ1n) is 5.73. The van der Waals surface area contributed by atoms with Gasteiger partial charge >= 0.3 is 5.97 Å². The summed E-state index contributed by atoms with van der Waals surface area (Å²) in [6.07, 6.45) is 0.725. The molecule has 0 spiro atoms. The number of benzene rings is 1. The Balaban J connectivity index is 2.96. The molecular weight excluding hydrogens is 270 g/mol. The van der Waals surface area contributed by atoms with Crippen LogP contribution in [0.3, 0.4) is 0 Å². The number of primary sulfonamides is 1. The number of hydrogen-bond donors (Lipinski definition) is 1. The maximum Gasteiger partial charge on any atom is 0.310 e. The first-order chi connectivity index (χ1) is 8.88. The van der Waals surface area contributed by atoms with Crippen LogP contribution in [0.15, 0.2) is 23.1 Å². The molecule has 0 unspecified atom stereocenters. The van der Waals surface area contributed by atoms with Gasteiger partial charge in [0.15, 0.2) is 0 Å². The van der Waals surface area contributed by atoms with E-state index in [-0.39, 0.29) is 17.1 Å². The van der Waals surface area contributed by atoms with Gasteiger partial charge in [0.05, 0.1) is 20.1 Å². The zero-order valence-electron chi connectivity index (χ0n) is 10.9. The molecule has 1 aromatic rings. The Morgan fingerprint density at radius 2 is 2.05 bits per heavy atom. The second kappa shape index (κ2) is 6.53. The lowest BCUT2D eigenvalue weighted by atomic mass is 10.1. The molecule has 0 aliphatic heterocycles. The van der Waals surface area contributed by atoms with E-state index in [2.05, 4.69) is 0 Å². The maximum absolute atomic E-state index is 11.5. The van der Waals surface area contributed by atoms with Crippen LogP contribution in [0, 0.1) is 0 Å². The lowest BCUT2D eigenvalue weighted by molar-refractivity contribution is -0.142. The van der Waals surface area contributed by atoms with Gasteiger partial charge in [0.2, 0.25) is 10.0 Å². The highest BCUT2D eigenvalue weighted by molar-refractivity contribution is 7.89. The van der Waals surface area contributed by atoms with Gasteiger partial charge in [0.25, 0.3) is 0 Å². The third-order valence-corrected chi connectivity index (χ3v) is 3.28. The monoisotopic (exact) mass is 287 g/mol. The Bertz CT molecular complexity index is 553. The minimum atomic E-state index is -3.90. The molecular formula is C12H17NO5S. The van der Waals surface area contributed by atoms with E-state index >= 15 is 0 Å². The summed E-state index contributed by atoms with van der Waals surface area (Å²) in [5.41, 5.74) is 0.505. The van der Waals surface area contributed by atoms with Crippen molar-refractivity contribution in [3.05, 3.63) is 23.8 Å². The van der Waals surface area contributed by atoms with E-state index in [1.54, 1.807) is 6.07 Å². The van der Waals surface area contributed by atoms with Gasteiger partial charge in [-0.2, -0.15) is 0 Å². The summed E-state index contributed by atoms with van der Waals surface area (Å²) in [7, 11) is -2.55. The SMILES string of the molecule is CCCOC(=O)Cc1ccc(OC)c(S(N)(=O)=O)c1. The van der Waals surface area contributed by atoms with Crippen molar-refractivity contribution in [3.63, 3.8) is 0 Å². The fourth-order valence-corrected chi connectivity index (χ4v) is 2.23. The Hall–Kier alpha value is -1.60. The molecule has 7 heteroatoms. The predicted molar refractivity (Wildman–Crippen MR) is 69.3 cm³/mol. The molecule has 1 rings (SSSR count). The van der Waals surface area contributed by atoms with Gasteiger partial charge in [-0.25, -0.2) is 13.6 Å². The third kappa shape index (κ3) is 4.53. The van der Waals surface area contributed by atoms with Crippen LogP contribution in [0.4, 0.5) is 0 Å². The van der Waals surface area contributed by atoms with E-state index in [9.17, 15) is 13.2 Å². The first kappa shape index (κ1) is 15.5. The second-order valence-electron chi connectivity index (χ2n) is 3.93. The third-order valence-electron chi connectivity index (χ3n) is 2.35. The number of hydrogen-bond acceptors (Lipinski definition) is 5. The van der Waals surface area contributed by atoms with Gasteiger partial charge in [-0.3, -0.25) is 4.79 Å². The van der Waals surface area contributed by atoms with E-state index in [0.717, 1.165) is 6.42 Å². The quantitative estimate of drug-likeness (QED) is 0.782. The van der Waals surface area contributed by atoms with Crippen LogP contribution in [-0.2, 0) is 26.0 Å². The van der Waals surface area contributed by atoms with Gasteiger partial charge in [-0.05, 0) is 24.1 Å². The highest BCUT2D eigenvalue weighted by Gasteiger charge is 2.16. The number of carbonyl (C=O) groups excluding carboxylic acids is 1. The number of carbonyl (C=O) groups is 1. The molecule has 2 N–H and O–H groups in total. The smallest absolute Gasteiger partial charge is 0.310 e. The maximum atomic E-state index is 11.5. The molecule has 0 radical (unpaired) electrons. The average molecular weight is 287 g/mol. The van der Waals surface area contributed by atoms with Gasteiger partial charge < -0.3 is 9.47 Å². The lowest BCUT2D eigenvalue weighted by Crippen LogP contribution is -2.15. The summed E-state index contributed by atoms with van der Waals surface area (Å²) < 4.78 is 32.7. The van der Waals surface area contributed by atoms with E-state index in [0.29, 0.717) is 12.2 Å². The van der Waals surface area contributed by atoms with Crippen LogP contribution in [0.1, 0.15) is 18.9 Å². The highest BCUT2D eigenvalue weighted by Crippen LogP contribution is 2.24. The molecule has 19 heavy (non-hydrogen) atoms. The molecule has 0 saturated heterocycles. The summed E-state index contributed by atoms with van der Waals surface area (Å²) in [4.78, 5) is 11.3. The van der Waals surface area contributed by atoms with Gasteiger partial charge in [0, 0.05) is 0 Å². The van der Waals surface area contributed by atoms with E-state index in [1.165, 1.54) is 19.2 Å². The topological polar surface area (TPSA) is 95.7 Å². The summed E-state index contributed by atoms with van der Waals surface area (Å²) in [5, 5.41) is 5.09. The van der Waals surface area contributed by atoms with Crippen LogP contribution in [0.2, 0.25) is 0 Å². The minimum absolute atomic E-state index is 0.00743. The standard InChI is InChI=1S/C12H17NO5S/c1-3-6-18-12(14)8-9-4-5-10(17-2)11(7-9)19(13,15)16/h4-5,7H,3,6,8H2,1-2H3,(H2,13,15,16). The molecule has 106 valence electrons. The number of methoxy groups -OCH3 is 1. The van der Waals surface area contributed by atoms with Crippen molar-refractivity contribution in [1.29, 1.82) is 0 Å². The molecule has 0 amide bonds. The Kier molecular flexibility index (Phi) is 5.31. The first-order valence-corrected chi connectivity index (χ1v) is 7.28. The van der Waals surface area contributed by atoms with Crippen molar-refractivity contribution < 1.29 is 22.7 Å². The lowest BCUT2D eigenvalue weighted by Gasteiger charge is -2.09. The van der Waals surface area contributed by atoms with Crippen LogP contribution in [0.25, 0.3) is 0 Å². The zero-order chi connectivity index (χ0) is 14.5. The van der Waals surface area contributed by atoms with Crippen LogP contribution < -0.4 is 9.88 Å². The summed E-state index contributed by atoms with van der Waals surface area (Å²) in [6, 6.07) is 4.38. The molecule has 0 atom stereocenters. The van der Waals surface area contributed by atoms with Crippen molar-refractivity contribution >= 4 is 16.0 Å². The minimum Gasteiger partial charge on any atom is -0.495 e. The normalized spacial score (nSPS) is 11.1. The molecule has 0 aliphatic carbocycles. The number of rotatable bonds is 6.